The van der Waals surface area contributed by atoms with E-state index in [1.807, 2.05) is 0 Å². The van der Waals surface area contributed by atoms with E-state index in [0.717, 1.165) is 12.0 Å². The quantitative estimate of drug-likeness (QED) is 0.918. The highest BCUT2D eigenvalue weighted by Crippen LogP contribution is 2.37. The molecule has 18 heavy (non-hydrogen) atoms. The van der Waals surface area contributed by atoms with E-state index >= 15 is 0 Å². The van der Waals surface area contributed by atoms with Crippen LogP contribution in [0.15, 0.2) is 12.1 Å². The van der Waals surface area contributed by atoms with Crippen molar-refractivity contribution in [2.75, 3.05) is 19.8 Å². The Bertz CT molecular complexity index is 415. The molecule has 0 atom stereocenters. The molecule has 1 aliphatic rings. The Balaban J connectivity index is 2.08. The number of rotatable bonds is 4. The molecule has 3 nitrogen and oxygen atoms in total. The highest BCUT2D eigenvalue weighted by molar-refractivity contribution is 6.32. The van der Waals surface area contributed by atoms with Crippen LogP contribution in [-0.4, -0.2) is 26.2 Å². The lowest BCUT2D eigenvalue weighted by molar-refractivity contribution is 0.145. The second-order valence-corrected chi connectivity index (χ2v) is 4.38. The van der Waals surface area contributed by atoms with Crippen LogP contribution in [0.2, 0.25) is 5.02 Å². The molecule has 0 aliphatic carbocycles. The maximum absolute atomic E-state index is 12.0. The monoisotopic (exact) mass is 277 g/mol. The molecule has 0 radical (unpaired) electrons. The minimum Gasteiger partial charge on any atom is -0.489 e. The van der Waals surface area contributed by atoms with E-state index in [9.17, 15) is 8.78 Å². The first-order valence-corrected chi connectivity index (χ1v) is 6.11. The average molecular weight is 278 g/mol. The van der Waals surface area contributed by atoms with Crippen LogP contribution in [-0.2, 0) is 6.54 Å². The lowest BCUT2D eigenvalue weighted by Gasteiger charge is -2.12. The van der Waals surface area contributed by atoms with Gasteiger partial charge >= 0.3 is 0 Å². The molecule has 0 unspecified atom stereocenters. The number of nitrogens with one attached hydrogen (secondary N) is 1. The van der Waals surface area contributed by atoms with Crippen LogP contribution in [0.3, 0.4) is 0 Å². The molecule has 0 saturated heterocycles. The van der Waals surface area contributed by atoms with Gasteiger partial charge in [0.2, 0.25) is 0 Å². The van der Waals surface area contributed by atoms with Crippen LogP contribution < -0.4 is 14.8 Å². The van der Waals surface area contributed by atoms with E-state index in [1.165, 1.54) is 0 Å². The summed E-state index contributed by atoms with van der Waals surface area (Å²) in [6, 6.07) is 3.47. The van der Waals surface area contributed by atoms with Crippen molar-refractivity contribution in [1.29, 1.82) is 0 Å². The highest BCUT2D eigenvalue weighted by Gasteiger charge is 2.15. The van der Waals surface area contributed by atoms with Crippen molar-refractivity contribution in [2.45, 2.75) is 19.4 Å². The number of hydrogen-bond donors (Lipinski definition) is 1. The van der Waals surface area contributed by atoms with Gasteiger partial charge in [-0.25, -0.2) is 8.78 Å². The van der Waals surface area contributed by atoms with Gasteiger partial charge in [-0.3, -0.25) is 0 Å². The Kier molecular flexibility index (Phi) is 4.60. The number of hydrogen-bond acceptors (Lipinski definition) is 3. The lowest BCUT2D eigenvalue weighted by Crippen LogP contribution is -2.20. The van der Waals surface area contributed by atoms with Crippen LogP contribution in [0.25, 0.3) is 0 Å². The molecule has 2 rings (SSSR count). The van der Waals surface area contributed by atoms with Gasteiger partial charge in [0.1, 0.15) is 0 Å². The smallest absolute Gasteiger partial charge is 0.250 e. The summed E-state index contributed by atoms with van der Waals surface area (Å²) in [6.45, 7) is 1.11. The summed E-state index contributed by atoms with van der Waals surface area (Å²) in [5.74, 6) is 1.11. The van der Waals surface area contributed by atoms with Crippen LogP contribution in [0, 0.1) is 0 Å². The fraction of sp³-hybridized carbons (Fsp3) is 0.500. The Labute approximate surface area is 109 Å². The predicted octanol–water partition coefficient (Wildman–Crippen LogP) is 2.86. The van der Waals surface area contributed by atoms with E-state index in [0.29, 0.717) is 36.3 Å². The normalized spacial score (nSPS) is 14.7. The molecule has 1 aliphatic heterocycles. The highest BCUT2D eigenvalue weighted by atomic mass is 35.5. The second kappa shape index (κ2) is 6.20. The van der Waals surface area contributed by atoms with Gasteiger partial charge in [0, 0.05) is 13.0 Å². The lowest BCUT2D eigenvalue weighted by atomic mass is 10.2. The summed E-state index contributed by atoms with van der Waals surface area (Å²) in [5, 5.41) is 3.09. The van der Waals surface area contributed by atoms with Crippen LogP contribution in [0.4, 0.5) is 8.78 Å². The fourth-order valence-corrected chi connectivity index (χ4v) is 2.00. The predicted molar refractivity (Wildman–Crippen MR) is 64.8 cm³/mol. The number of ether oxygens (including phenoxy) is 2. The number of alkyl halides is 2. The standard InChI is InChI=1S/C12H14ClF2NO2/c13-9-4-8(6-16-7-11(14)15)5-10-12(9)18-3-1-2-17-10/h4-5,11,16H,1-3,6-7H2. The molecule has 0 aromatic heterocycles. The van der Waals surface area contributed by atoms with Crippen molar-refractivity contribution >= 4 is 11.6 Å². The molecular weight excluding hydrogens is 264 g/mol. The van der Waals surface area contributed by atoms with Gasteiger partial charge < -0.3 is 14.8 Å². The van der Waals surface area contributed by atoms with Gasteiger partial charge in [-0.05, 0) is 17.7 Å². The van der Waals surface area contributed by atoms with E-state index in [1.54, 1.807) is 12.1 Å². The van der Waals surface area contributed by atoms with E-state index in [-0.39, 0.29) is 6.54 Å². The molecule has 6 heteroatoms. The van der Waals surface area contributed by atoms with Crippen LogP contribution in [0.1, 0.15) is 12.0 Å². The van der Waals surface area contributed by atoms with Gasteiger partial charge in [0.25, 0.3) is 6.43 Å². The van der Waals surface area contributed by atoms with Crippen molar-refractivity contribution in [1.82, 2.24) is 5.32 Å². The van der Waals surface area contributed by atoms with Gasteiger partial charge in [0.05, 0.1) is 24.8 Å². The molecule has 0 spiro atoms. The topological polar surface area (TPSA) is 30.5 Å². The van der Waals surface area contributed by atoms with Crippen molar-refractivity contribution in [3.63, 3.8) is 0 Å². The van der Waals surface area contributed by atoms with Crippen molar-refractivity contribution in [2.24, 2.45) is 0 Å². The average Bonchev–Trinajstić information content (AvgIpc) is 2.54. The molecule has 0 fully saturated rings. The molecule has 1 aromatic carbocycles. The second-order valence-electron chi connectivity index (χ2n) is 3.98. The summed E-state index contributed by atoms with van der Waals surface area (Å²) in [6.07, 6.45) is -1.56. The first-order chi connectivity index (χ1) is 8.66. The third kappa shape index (κ3) is 3.46. The number of fused-ring (bicyclic) bond motifs is 1. The maximum atomic E-state index is 12.0. The summed E-state index contributed by atoms with van der Waals surface area (Å²) in [4.78, 5) is 0. The third-order valence-corrected chi connectivity index (χ3v) is 2.77. The molecule has 100 valence electrons. The van der Waals surface area contributed by atoms with E-state index < -0.39 is 6.43 Å². The van der Waals surface area contributed by atoms with E-state index in [4.69, 9.17) is 21.1 Å². The first-order valence-electron chi connectivity index (χ1n) is 5.73. The SMILES string of the molecule is FC(F)CNCc1cc(Cl)c2c(c1)OCCCO2. The Morgan fingerprint density at radius 2 is 2.06 bits per heavy atom. The number of halogens is 3. The van der Waals surface area contributed by atoms with Crippen molar-refractivity contribution in [3.8, 4) is 11.5 Å². The molecular formula is C12H14ClF2NO2. The summed E-state index contributed by atoms with van der Waals surface area (Å²) in [7, 11) is 0. The minimum atomic E-state index is -2.36. The third-order valence-electron chi connectivity index (χ3n) is 2.49. The molecule has 0 saturated carbocycles. The largest absolute Gasteiger partial charge is 0.489 e. The van der Waals surface area contributed by atoms with Crippen LogP contribution in [0.5, 0.6) is 11.5 Å². The van der Waals surface area contributed by atoms with Gasteiger partial charge in [-0.15, -0.1) is 0 Å². The van der Waals surface area contributed by atoms with Crippen molar-refractivity contribution in [3.05, 3.63) is 22.7 Å². The maximum Gasteiger partial charge on any atom is 0.250 e. The van der Waals surface area contributed by atoms with E-state index in [2.05, 4.69) is 5.32 Å². The van der Waals surface area contributed by atoms with Gasteiger partial charge in [-0.2, -0.15) is 0 Å². The fourth-order valence-electron chi connectivity index (χ4n) is 1.71. The number of benzene rings is 1. The van der Waals surface area contributed by atoms with Crippen LogP contribution >= 0.6 is 11.6 Å². The zero-order valence-corrected chi connectivity index (χ0v) is 10.5. The summed E-state index contributed by atoms with van der Waals surface area (Å²) < 4.78 is 35.0. The Morgan fingerprint density at radius 3 is 2.83 bits per heavy atom. The molecule has 1 N–H and O–H groups in total. The molecule has 0 bridgehead atoms. The summed E-state index contributed by atoms with van der Waals surface area (Å²) in [5.41, 5.74) is 0.796. The Morgan fingerprint density at radius 1 is 1.28 bits per heavy atom. The minimum absolute atomic E-state index is 0.320. The Hall–Kier alpha value is -1.07. The van der Waals surface area contributed by atoms with Crippen molar-refractivity contribution < 1.29 is 18.3 Å². The first kappa shape index (κ1) is 13.4. The van der Waals surface area contributed by atoms with Gasteiger partial charge in [-0.1, -0.05) is 11.6 Å². The zero-order chi connectivity index (χ0) is 13.0. The molecule has 1 heterocycles. The molecule has 1 aromatic rings. The molecule has 0 amide bonds. The summed E-state index contributed by atoms with van der Waals surface area (Å²) >= 11 is 6.08. The zero-order valence-electron chi connectivity index (χ0n) is 9.72. The van der Waals surface area contributed by atoms with Gasteiger partial charge in [0.15, 0.2) is 11.5 Å².